The maximum Gasteiger partial charge on any atom is 0.252 e. The second kappa shape index (κ2) is 4.66. The molecule has 0 bridgehead atoms. The van der Waals surface area contributed by atoms with E-state index in [1.165, 1.54) is 0 Å². The first-order valence-corrected chi connectivity index (χ1v) is 5.36. The molecule has 0 heterocycles. The van der Waals surface area contributed by atoms with E-state index in [-0.39, 0.29) is 12.5 Å². The largest absolute Gasteiger partial charge is 0.394 e. The highest BCUT2D eigenvalue weighted by Gasteiger charge is 2.20. The van der Waals surface area contributed by atoms with E-state index in [4.69, 9.17) is 5.11 Å². The Balaban J connectivity index is 2.93. The van der Waals surface area contributed by atoms with E-state index in [2.05, 4.69) is 5.32 Å². The number of aliphatic hydroxyl groups is 1. The van der Waals surface area contributed by atoms with Gasteiger partial charge in [0.25, 0.3) is 5.91 Å². The number of nitrogens with one attached hydrogen (secondary N) is 1. The molecular weight excluding hydrogens is 202 g/mol. The Bertz CT molecular complexity index is 397. The van der Waals surface area contributed by atoms with Gasteiger partial charge in [-0.05, 0) is 39.3 Å². The van der Waals surface area contributed by atoms with Crippen LogP contribution in [0.2, 0.25) is 0 Å². The second-order valence-electron chi connectivity index (χ2n) is 4.81. The van der Waals surface area contributed by atoms with Gasteiger partial charge >= 0.3 is 0 Å². The van der Waals surface area contributed by atoms with Crippen LogP contribution >= 0.6 is 0 Å². The summed E-state index contributed by atoms with van der Waals surface area (Å²) < 4.78 is 0. The van der Waals surface area contributed by atoms with Crippen molar-refractivity contribution in [3.63, 3.8) is 0 Å². The summed E-state index contributed by atoms with van der Waals surface area (Å²) in [6.07, 6.45) is 0. The van der Waals surface area contributed by atoms with Crippen LogP contribution in [0.5, 0.6) is 0 Å². The number of amides is 1. The van der Waals surface area contributed by atoms with E-state index in [1.807, 2.05) is 32.0 Å². The molecule has 0 atom stereocenters. The highest BCUT2D eigenvalue weighted by Crippen LogP contribution is 2.12. The number of carbonyl (C=O) groups excluding carboxylic acids is 1. The number of benzene rings is 1. The Morgan fingerprint density at radius 1 is 1.38 bits per heavy atom. The summed E-state index contributed by atoms with van der Waals surface area (Å²) in [6.45, 7) is 7.35. The Morgan fingerprint density at radius 3 is 2.56 bits per heavy atom. The zero-order valence-corrected chi connectivity index (χ0v) is 10.3. The van der Waals surface area contributed by atoms with Gasteiger partial charge in [-0.15, -0.1) is 0 Å². The third-order valence-corrected chi connectivity index (χ3v) is 2.48. The summed E-state index contributed by atoms with van der Waals surface area (Å²) in [5.41, 5.74) is 2.07. The summed E-state index contributed by atoms with van der Waals surface area (Å²) in [4.78, 5) is 12.0. The minimum atomic E-state index is -0.590. The number of aryl methyl sites for hydroxylation is 2. The predicted molar refractivity (Wildman–Crippen MR) is 64.5 cm³/mol. The highest BCUT2D eigenvalue weighted by molar-refractivity contribution is 5.96. The molecule has 1 aromatic carbocycles. The average molecular weight is 221 g/mol. The van der Waals surface area contributed by atoms with Crippen LogP contribution < -0.4 is 5.32 Å². The molecule has 2 N–H and O–H groups in total. The predicted octanol–water partition coefficient (Wildman–Crippen LogP) is 1.80. The number of rotatable bonds is 3. The van der Waals surface area contributed by atoms with Crippen LogP contribution in [-0.4, -0.2) is 23.2 Å². The smallest absolute Gasteiger partial charge is 0.252 e. The monoisotopic (exact) mass is 221 g/mol. The fourth-order valence-electron chi connectivity index (χ4n) is 1.39. The lowest BCUT2D eigenvalue weighted by molar-refractivity contribution is 0.0868. The minimum Gasteiger partial charge on any atom is -0.394 e. The van der Waals surface area contributed by atoms with Crippen molar-refractivity contribution in [1.82, 2.24) is 5.32 Å². The molecule has 1 rings (SSSR count). The number of carbonyl (C=O) groups is 1. The number of aliphatic hydroxyl groups excluding tert-OH is 1. The molecule has 0 aliphatic carbocycles. The molecule has 1 aromatic rings. The van der Waals surface area contributed by atoms with Crippen LogP contribution in [-0.2, 0) is 0 Å². The molecule has 0 aliphatic heterocycles. The van der Waals surface area contributed by atoms with Crippen molar-refractivity contribution in [3.8, 4) is 0 Å². The summed E-state index contributed by atoms with van der Waals surface area (Å²) in [6, 6.07) is 5.76. The first-order valence-electron chi connectivity index (χ1n) is 5.36. The third-order valence-electron chi connectivity index (χ3n) is 2.48. The van der Waals surface area contributed by atoms with Crippen LogP contribution in [0.4, 0.5) is 0 Å². The SMILES string of the molecule is Cc1ccc(C)c(C(=O)NC(C)(C)CO)c1. The molecule has 0 unspecified atom stereocenters. The van der Waals surface area contributed by atoms with Crippen LogP contribution in [0.3, 0.4) is 0 Å². The van der Waals surface area contributed by atoms with Gasteiger partial charge in [-0.2, -0.15) is 0 Å². The molecule has 1 amide bonds. The van der Waals surface area contributed by atoms with Gasteiger partial charge in [0.15, 0.2) is 0 Å². The molecule has 3 nitrogen and oxygen atoms in total. The molecule has 0 spiro atoms. The van der Waals surface area contributed by atoms with Gasteiger partial charge in [0, 0.05) is 5.56 Å². The Morgan fingerprint density at radius 2 is 2.00 bits per heavy atom. The fourth-order valence-corrected chi connectivity index (χ4v) is 1.39. The molecule has 3 heteroatoms. The lowest BCUT2D eigenvalue weighted by Crippen LogP contribution is -2.46. The molecule has 0 aliphatic rings. The van der Waals surface area contributed by atoms with E-state index < -0.39 is 5.54 Å². The van der Waals surface area contributed by atoms with Gasteiger partial charge in [0.1, 0.15) is 0 Å². The van der Waals surface area contributed by atoms with Crippen LogP contribution in [0.1, 0.15) is 35.3 Å². The zero-order chi connectivity index (χ0) is 12.3. The highest BCUT2D eigenvalue weighted by atomic mass is 16.3. The Hall–Kier alpha value is -1.35. The van der Waals surface area contributed by atoms with Crippen LogP contribution in [0, 0.1) is 13.8 Å². The maximum atomic E-state index is 12.0. The fraction of sp³-hybridized carbons (Fsp3) is 0.462. The Labute approximate surface area is 96.5 Å². The molecule has 88 valence electrons. The summed E-state index contributed by atoms with van der Waals surface area (Å²) in [7, 11) is 0. The average Bonchev–Trinajstić information content (AvgIpc) is 2.21. The molecular formula is C13H19NO2. The maximum absolute atomic E-state index is 12.0. The molecule has 0 fully saturated rings. The van der Waals surface area contributed by atoms with Gasteiger partial charge in [-0.3, -0.25) is 4.79 Å². The van der Waals surface area contributed by atoms with Gasteiger partial charge in [0.2, 0.25) is 0 Å². The molecule has 0 radical (unpaired) electrons. The van der Waals surface area contributed by atoms with E-state index in [9.17, 15) is 4.79 Å². The normalized spacial score (nSPS) is 11.3. The van der Waals surface area contributed by atoms with Crippen molar-refractivity contribution >= 4 is 5.91 Å². The lowest BCUT2D eigenvalue weighted by Gasteiger charge is -2.24. The van der Waals surface area contributed by atoms with Gasteiger partial charge in [0.05, 0.1) is 12.1 Å². The topological polar surface area (TPSA) is 49.3 Å². The first kappa shape index (κ1) is 12.7. The molecule has 0 saturated carbocycles. The molecule has 0 saturated heterocycles. The number of hydrogen-bond donors (Lipinski definition) is 2. The molecule has 16 heavy (non-hydrogen) atoms. The van der Waals surface area contributed by atoms with Crippen molar-refractivity contribution < 1.29 is 9.90 Å². The summed E-state index contributed by atoms with van der Waals surface area (Å²) in [5.74, 6) is -0.139. The van der Waals surface area contributed by atoms with Gasteiger partial charge in [-0.25, -0.2) is 0 Å². The van der Waals surface area contributed by atoms with Crippen molar-refractivity contribution in [2.75, 3.05) is 6.61 Å². The van der Waals surface area contributed by atoms with Crippen molar-refractivity contribution in [2.45, 2.75) is 33.2 Å². The first-order chi connectivity index (χ1) is 7.35. The number of hydrogen-bond acceptors (Lipinski definition) is 2. The quantitative estimate of drug-likeness (QED) is 0.817. The standard InChI is InChI=1S/C13H19NO2/c1-9-5-6-10(2)11(7-9)12(16)14-13(3,4)8-15/h5-7,15H,8H2,1-4H3,(H,14,16). The van der Waals surface area contributed by atoms with E-state index in [0.717, 1.165) is 11.1 Å². The second-order valence-corrected chi connectivity index (χ2v) is 4.81. The van der Waals surface area contributed by atoms with Crippen LogP contribution in [0.25, 0.3) is 0 Å². The minimum absolute atomic E-state index is 0.0798. The lowest BCUT2D eigenvalue weighted by atomic mass is 10.0. The van der Waals surface area contributed by atoms with E-state index >= 15 is 0 Å². The Kier molecular flexibility index (Phi) is 3.70. The molecule has 0 aromatic heterocycles. The van der Waals surface area contributed by atoms with Gasteiger partial charge in [-0.1, -0.05) is 17.7 Å². The summed E-state index contributed by atoms with van der Waals surface area (Å²) in [5, 5.41) is 11.9. The van der Waals surface area contributed by atoms with Crippen molar-refractivity contribution in [2.24, 2.45) is 0 Å². The van der Waals surface area contributed by atoms with Gasteiger partial charge < -0.3 is 10.4 Å². The van der Waals surface area contributed by atoms with Crippen molar-refractivity contribution in [3.05, 3.63) is 34.9 Å². The third kappa shape index (κ3) is 3.07. The summed E-state index contributed by atoms with van der Waals surface area (Å²) >= 11 is 0. The zero-order valence-electron chi connectivity index (χ0n) is 10.3. The van der Waals surface area contributed by atoms with E-state index in [0.29, 0.717) is 5.56 Å². The van der Waals surface area contributed by atoms with Crippen molar-refractivity contribution in [1.29, 1.82) is 0 Å². The van der Waals surface area contributed by atoms with E-state index in [1.54, 1.807) is 13.8 Å². The van der Waals surface area contributed by atoms with Crippen LogP contribution in [0.15, 0.2) is 18.2 Å².